The molecule has 114 valence electrons. The highest BCUT2D eigenvalue weighted by Gasteiger charge is 2.24. The average molecular weight is 282 g/mol. The molecule has 2 N–H and O–H groups in total. The number of ether oxygens (including phenoxy) is 1. The van der Waals surface area contributed by atoms with Crippen molar-refractivity contribution in [1.29, 1.82) is 0 Å². The molecule has 0 bridgehead atoms. The third-order valence-electron chi connectivity index (χ3n) is 4.40. The first-order valence-electron chi connectivity index (χ1n) is 7.83. The molecule has 2 fully saturated rings. The summed E-state index contributed by atoms with van der Waals surface area (Å²) < 4.78 is 5.87. The highest BCUT2D eigenvalue weighted by molar-refractivity contribution is 5.83. The fraction of sp³-hybridized carbons (Fsp3) is 0.867. The number of carbonyl (C=O) groups is 2. The smallest absolute Gasteiger partial charge is 0.224 e. The largest absolute Gasteiger partial charge is 0.376 e. The molecule has 2 aliphatic rings. The third kappa shape index (κ3) is 4.47. The van der Waals surface area contributed by atoms with Gasteiger partial charge in [0.25, 0.3) is 0 Å². The molecule has 1 heterocycles. The van der Waals surface area contributed by atoms with Gasteiger partial charge in [-0.2, -0.15) is 0 Å². The van der Waals surface area contributed by atoms with Crippen LogP contribution in [0, 0.1) is 11.8 Å². The molecule has 1 saturated heterocycles. The summed E-state index contributed by atoms with van der Waals surface area (Å²) in [6, 6.07) is 0. The Morgan fingerprint density at radius 2 is 2.15 bits per heavy atom. The monoisotopic (exact) mass is 282 g/mol. The Bertz CT molecular complexity index is 336. The van der Waals surface area contributed by atoms with Gasteiger partial charge in [0.1, 0.15) is 0 Å². The molecule has 20 heavy (non-hydrogen) atoms. The van der Waals surface area contributed by atoms with Gasteiger partial charge in [-0.25, -0.2) is 0 Å². The van der Waals surface area contributed by atoms with Gasteiger partial charge in [0.05, 0.1) is 18.6 Å². The molecule has 0 unspecified atom stereocenters. The van der Waals surface area contributed by atoms with E-state index in [9.17, 15) is 9.59 Å². The Hall–Kier alpha value is -1.10. The van der Waals surface area contributed by atoms with Crippen molar-refractivity contribution in [2.75, 3.05) is 19.7 Å². The minimum Gasteiger partial charge on any atom is -0.376 e. The lowest BCUT2D eigenvalue weighted by molar-refractivity contribution is -0.129. The zero-order chi connectivity index (χ0) is 14.4. The molecule has 2 amide bonds. The van der Waals surface area contributed by atoms with Crippen LogP contribution in [0.15, 0.2) is 0 Å². The van der Waals surface area contributed by atoms with E-state index in [1.807, 2.05) is 0 Å². The number of piperidine rings is 1. The van der Waals surface area contributed by atoms with Gasteiger partial charge in [-0.15, -0.1) is 0 Å². The van der Waals surface area contributed by atoms with Gasteiger partial charge in [-0.1, -0.05) is 19.8 Å². The molecule has 1 saturated carbocycles. The van der Waals surface area contributed by atoms with Crippen molar-refractivity contribution in [1.82, 2.24) is 10.6 Å². The molecule has 1 aliphatic carbocycles. The van der Waals surface area contributed by atoms with Crippen LogP contribution >= 0.6 is 0 Å². The van der Waals surface area contributed by atoms with Crippen molar-refractivity contribution >= 4 is 11.8 Å². The summed E-state index contributed by atoms with van der Waals surface area (Å²) in [5.74, 6) is 0.628. The molecule has 5 nitrogen and oxygen atoms in total. The van der Waals surface area contributed by atoms with Gasteiger partial charge in [0, 0.05) is 19.5 Å². The number of amides is 2. The maximum Gasteiger partial charge on any atom is 0.224 e. The molecule has 3 atom stereocenters. The van der Waals surface area contributed by atoms with Crippen LogP contribution in [0.1, 0.15) is 45.4 Å². The zero-order valence-corrected chi connectivity index (χ0v) is 12.3. The highest BCUT2D eigenvalue weighted by Crippen LogP contribution is 2.25. The van der Waals surface area contributed by atoms with Crippen LogP contribution in [-0.4, -0.2) is 37.6 Å². The van der Waals surface area contributed by atoms with Crippen LogP contribution in [0.3, 0.4) is 0 Å². The van der Waals surface area contributed by atoms with Crippen molar-refractivity contribution in [3.8, 4) is 0 Å². The van der Waals surface area contributed by atoms with Crippen molar-refractivity contribution in [2.24, 2.45) is 11.8 Å². The molecular formula is C15H26N2O3. The van der Waals surface area contributed by atoms with E-state index < -0.39 is 0 Å². The molecule has 0 aromatic rings. The Labute approximate surface area is 120 Å². The van der Waals surface area contributed by atoms with Crippen LogP contribution in [0.2, 0.25) is 0 Å². The predicted octanol–water partition coefficient (Wildman–Crippen LogP) is 1.22. The number of rotatable bonds is 5. The van der Waals surface area contributed by atoms with E-state index in [0.29, 0.717) is 44.6 Å². The highest BCUT2D eigenvalue weighted by atomic mass is 16.5. The van der Waals surface area contributed by atoms with Gasteiger partial charge in [-0.05, 0) is 25.2 Å². The lowest BCUT2D eigenvalue weighted by Crippen LogP contribution is -2.43. The second-order valence-corrected chi connectivity index (χ2v) is 6.00. The lowest BCUT2D eigenvalue weighted by Gasteiger charge is -2.29. The Morgan fingerprint density at radius 1 is 1.35 bits per heavy atom. The van der Waals surface area contributed by atoms with Crippen molar-refractivity contribution in [3.05, 3.63) is 0 Å². The Balaban J connectivity index is 1.58. The van der Waals surface area contributed by atoms with E-state index in [4.69, 9.17) is 4.74 Å². The summed E-state index contributed by atoms with van der Waals surface area (Å²) in [6.07, 6.45) is 6.41. The second kappa shape index (κ2) is 7.62. The van der Waals surface area contributed by atoms with Crippen LogP contribution < -0.4 is 10.6 Å². The van der Waals surface area contributed by atoms with E-state index in [0.717, 1.165) is 6.42 Å². The first kappa shape index (κ1) is 15.3. The molecule has 1 aliphatic heterocycles. The summed E-state index contributed by atoms with van der Waals surface area (Å²) >= 11 is 0. The van der Waals surface area contributed by atoms with E-state index in [1.165, 1.54) is 19.3 Å². The SMILES string of the molecule is C[C@@H]1CCCC[C@@H]1OCCNC(=O)[C@@H]1CCC(=O)NC1. The molecule has 0 aromatic carbocycles. The van der Waals surface area contributed by atoms with Crippen molar-refractivity contribution < 1.29 is 14.3 Å². The number of hydrogen-bond donors (Lipinski definition) is 2. The summed E-state index contributed by atoms with van der Waals surface area (Å²) in [5.41, 5.74) is 0. The number of nitrogens with one attached hydrogen (secondary N) is 2. The normalized spacial score (nSPS) is 30.6. The summed E-state index contributed by atoms with van der Waals surface area (Å²) in [4.78, 5) is 22.9. The minimum atomic E-state index is -0.0821. The first-order valence-corrected chi connectivity index (χ1v) is 7.83. The molecule has 0 aromatic heterocycles. The second-order valence-electron chi connectivity index (χ2n) is 6.00. The van der Waals surface area contributed by atoms with Crippen LogP contribution in [0.5, 0.6) is 0 Å². The Kier molecular flexibility index (Phi) is 5.83. The number of hydrogen-bond acceptors (Lipinski definition) is 3. The molecular weight excluding hydrogens is 256 g/mol. The number of carbonyl (C=O) groups excluding carboxylic acids is 2. The maximum absolute atomic E-state index is 11.9. The summed E-state index contributed by atoms with van der Waals surface area (Å²) in [5, 5.41) is 5.64. The maximum atomic E-state index is 11.9. The van der Waals surface area contributed by atoms with Crippen LogP contribution in [0.4, 0.5) is 0 Å². The zero-order valence-electron chi connectivity index (χ0n) is 12.3. The third-order valence-corrected chi connectivity index (χ3v) is 4.40. The van der Waals surface area contributed by atoms with E-state index in [1.54, 1.807) is 0 Å². The average Bonchev–Trinajstić information content (AvgIpc) is 2.46. The molecule has 0 spiro atoms. The quantitative estimate of drug-likeness (QED) is 0.745. The van der Waals surface area contributed by atoms with Gasteiger partial charge in [0.15, 0.2) is 0 Å². The van der Waals surface area contributed by atoms with E-state index >= 15 is 0 Å². The standard InChI is InChI=1S/C15H26N2O3/c1-11-4-2-3-5-13(11)20-9-8-16-15(19)12-6-7-14(18)17-10-12/h11-13H,2-10H2,1H3,(H,16,19)(H,17,18)/t11-,12-,13+/m1/s1. The van der Waals surface area contributed by atoms with E-state index in [-0.39, 0.29) is 17.7 Å². The van der Waals surface area contributed by atoms with Gasteiger partial charge in [0.2, 0.25) is 11.8 Å². The van der Waals surface area contributed by atoms with Crippen LogP contribution in [-0.2, 0) is 14.3 Å². The topological polar surface area (TPSA) is 67.4 Å². The summed E-state index contributed by atoms with van der Waals surface area (Å²) in [7, 11) is 0. The molecule has 0 radical (unpaired) electrons. The Morgan fingerprint density at radius 3 is 2.85 bits per heavy atom. The van der Waals surface area contributed by atoms with Gasteiger partial charge in [-0.3, -0.25) is 9.59 Å². The molecule has 2 rings (SSSR count). The minimum absolute atomic E-state index is 0.0327. The summed E-state index contributed by atoms with van der Waals surface area (Å²) in [6.45, 7) is 3.85. The van der Waals surface area contributed by atoms with Crippen molar-refractivity contribution in [3.63, 3.8) is 0 Å². The fourth-order valence-corrected chi connectivity index (χ4v) is 3.02. The van der Waals surface area contributed by atoms with Gasteiger partial charge < -0.3 is 15.4 Å². The van der Waals surface area contributed by atoms with Gasteiger partial charge >= 0.3 is 0 Å². The fourth-order valence-electron chi connectivity index (χ4n) is 3.02. The van der Waals surface area contributed by atoms with Crippen LogP contribution in [0.25, 0.3) is 0 Å². The van der Waals surface area contributed by atoms with Crippen molar-refractivity contribution in [2.45, 2.75) is 51.6 Å². The lowest BCUT2D eigenvalue weighted by atomic mass is 9.88. The predicted molar refractivity (Wildman–Crippen MR) is 76.1 cm³/mol. The van der Waals surface area contributed by atoms with E-state index in [2.05, 4.69) is 17.6 Å². The first-order chi connectivity index (χ1) is 9.66. The molecule has 5 heteroatoms.